The zero-order chi connectivity index (χ0) is 82.0. The zero-order valence-corrected chi connectivity index (χ0v) is 68.0. The quantitative estimate of drug-likeness (QED) is 0.103. The molecule has 0 amide bonds. The molecule has 0 spiro atoms. The van der Waals surface area contributed by atoms with Gasteiger partial charge < -0.3 is 18.3 Å². The normalized spacial score (nSPS) is 11.5. The Morgan fingerprint density at radius 1 is 0.105 bits per heavy atom. The summed E-state index contributed by atoms with van der Waals surface area (Å²) in [6, 6.07) is 177. The van der Waals surface area contributed by atoms with Crippen molar-refractivity contribution in [3.8, 4) is 134 Å². The molecule has 0 unspecified atom stereocenters. The molecule has 20 aromatic carbocycles. The lowest BCUT2D eigenvalue weighted by Gasteiger charge is -2.14. The Hall–Kier alpha value is -16.4. The average Bonchev–Trinajstić information content (AvgIpc) is 1.63. The zero-order valence-electron chi connectivity index (χ0n) is 68.0. The van der Waals surface area contributed by atoms with Gasteiger partial charge in [0.15, 0.2) is 0 Å². The highest BCUT2D eigenvalue weighted by Gasteiger charge is 2.22. The minimum atomic E-state index is 1.15. The van der Waals surface area contributed by atoms with E-state index < -0.39 is 0 Å². The van der Waals surface area contributed by atoms with Crippen LogP contribution in [0.3, 0.4) is 0 Å². The molecule has 0 radical (unpaired) electrons. The van der Waals surface area contributed by atoms with Crippen molar-refractivity contribution in [2.45, 2.75) is 0 Å². The Morgan fingerprint density at radius 2 is 0.323 bits per heavy atom. The number of benzene rings is 20. The molecule has 0 saturated carbocycles. The molecule has 124 heavy (non-hydrogen) atoms. The van der Waals surface area contributed by atoms with Crippen molar-refractivity contribution in [1.82, 2.24) is 18.3 Å². The van der Waals surface area contributed by atoms with E-state index in [1.165, 1.54) is 204 Å². The second-order valence-electron chi connectivity index (χ2n) is 32.3. The lowest BCUT2D eigenvalue weighted by Crippen LogP contribution is -1.97. The fraction of sp³-hybridized carbons (Fsp3) is 0. The second-order valence-corrected chi connectivity index (χ2v) is 32.3. The van der Waals surface area contributed by atoms with Gasteiger partial charge in [-0.1, -0.05) is 364 Å². The maximum atomic E-state index is 2.44. The number of para-hydroxylation sites is 5. The highest BCUT2D eigenvalue weighted by Crippen LogP contribution is 2.45. The standard InChI is InChI=1S/2C60H40N2/c1-3-14-41(15-4-1)43-26-28-45(29-27-43)47-18-13-19-50(38-47)61-57-24-11-8-21-52(57)54-39-48(34-36-59(54)61)49-35-37-60-55(40-49)53-22-9-12-25-58(53)62(60)56-23-10-7-20-51(56)46-32-30-44(31-33-46)42-16-5-2-6-17-42;1-3-13-41(14-4-1)43-25-27-44(28-26-43)48-19-12-20-52(38-48)62-58-24-10-8-22-54(58)56-40-50(32-36-60(56)62)49-31-35-59-55(39-49)53-21-7-9-23-57(53)61(59)51-33-29-45(30-34-51)47-18-11-17-46(37-47)42-15-5-2-6-16-42/h2*1-40H. The van der Waals surface area contributed by atoms with Crippen LogP contribution >= 0.6 is 0 Å². The molecular formula is C120H80N4. The molecule has 4 nitrogen and oxygen atoms in total. The van der Waals surface area contributed by atoms with Crippen molar-refractivity contribution in [3.05, 3.63) is 485 Å². The van der Waals surface area contributed by atoms with Gasteiger partial charge in [-0.05, 0) is 227 Å². The summed E-state index contributed by atoms with van der Waals surface area (Å²) in [4.78, 5) is 0. The van der Waals surface area contributed by atoms with Crippen LogP contribution in [0.2, 0.25) is 0 Å². The topological polar surface area (TPSA) is 19.7 Å². The molecule has 24 rings (SSSR count). The molecule has 0 fully saturated rings. The number of fused-ring (bicyclic) bond motifs is 12. The van der Waals surface area contributed by atoms with Gasteiger partial charge in [-0.3, -0.25) is 0 Å². The van der Waals surface area contributed by atoms with Crippen molar-refractivity contribution < 1.29 is 0 Å². The molecule has 0 saturated heterocycles. The van der Waals surface area contributed by atoms with Crippen LogP contribution in [0.5, 0.6) is 0 Å². The number of nitrogens with zero attached hydrogens (tertiary/aromatic N) is 4. The van der Waals surface area contributed by atoms with E-state index in [2.05, 4.69) is 504 Å². The van der Waals surface area contributed by atoms with Crippen LogP contribution < -0.4 is 0 Å². The Kier molecular flexibility index (Phi) is 18.2. The smallest absolute Gasteiger partial charge is 0.0541 e. The molecule has 24 aromatic rings. The van der Waals surface area contributed by atoms with E-state index in [1.807, 2.05) is 0 Å². The summed E-state index contributed by atoms with van der Waals surface area (Å²) in [6.45, 7) is 0. The molecule has 0 aliphatic heterocycles. The Labute approximate surface area is 719 Å². The molecule has 0 aliphatic carbocycles. The molecule has 4 heteroatoms. The molecule has 0 aliphatic rings. The summed E-state index contributed by atoms with van der Waals surface area (Å²) in [5, 5.41) is 9.94. The summed E-state index contributed by atoms with van der Waals surface area (Å²) in [5.41, 5.74) is 38.4. The SMILES string of the molecule is c1ccc(-c2ccc(-c3cccc(-n4c5ccccc5c5cc(-c6ccc7c(c6)c6ccccc6n7-c6ccc(-c7cccc(-c8ccccc8)c7)cc6)ccc54)c3)cc2)cc1.c1ccc(-c2ccc(-c3cccc(-n4c5ccccc5c5cc(-c6ccc7c(c6)c6ccccc6n7-c6ccccc6-c6ccc(-c7ccccc7)cc6)ccc54)c3)cc2)cc1. The van der Waals surface area contributed by atoms with Gasteiger partial charge in [0.2, 0.25) is 0 Å². The van der Waals surface area contributed by atoms with Crippen LogP contribution in [0, 0.1) is 0 Å². The number of aromatic nitrogens is 4. The molecule has 0 N–H and O–H groups in total. The van der Waals surface area contributed by atoms with E-state index >= 15 is 0 Å². The summed E-state index contributed by atoms with van der Waals surface area (Å²) >= 11 is 0. The maximum absolute atomic E-state index is 2.44. The molecule has 0 atom stereocenters. The first-order chi connectivity index (χ1) is 61.5. The van der Waals surface area contributed by atoms with Crippen molar-refractivity contribution >= 4 is 87.2 Å². The van der Waals surface area contributed by atoms with Gasteiger partial charge in [-0.25, -0.2) is 0 Å². The monoisotopic (exact) mass is 1580 g/mol. The van der Waals surface area contributed by atoms with Gasteiger partial charge in [0.1, 0.15) is 0 Å². The fourth-order valence-electron chi connectivity index (χ4n) is 19.0. The first kappa shape index (κ1) is 72.8. The summed E-state index contributed by atoms with van der Waals surface area (Å²) < 4.78 is 9.68. The predicted octanol–water partition coefficient (Wildman–Crippen LogP) is 32.4. The molecule has 4 aromatic heterocycles. The third-order valence-corrected chi connectivity index (χ3v) is 25.1. The van der Waals surface area contributed by atoms with Crippen molar-refractivity contribution in [1.29, 1.82) is 0 Å². The number of rotatable bonds is 14. The van der Waals surface area contributed by atoms with Crippen LogP contribution in [-0.2, 0) is 0 Å². The Morgan fingerprint density at radius 3 is 0.685 bits per heavy atom. The Bertz CT molecular complexity index is 8150. The predicted molar refractivity (Wildman–Crippen MR) is 525 cm³/mol. The van der Waals surface area contributed by atoms with E-state index in [0.29, 0.717) is 0 Å². The van der Waals surface area contributed by atoms with E-state index in [0.717, 1.165) is 17.1 Å². The summed E-state index contributed by atoms with van der Waals surface area (Å²) in [6.07, 6.45) is 0. The molecule has 0 bridgehead atoms. The third-order valence-electron chi connectivity index (χ3n) is 25.1. The first-order valence-electron chi connectivity index (χ1n) is 42.7. The highest BCUT2D eigenvalue weighted by molar-refractivity contribution is 6.15. The van der Waals surface area contributed by atoms with Crippen LogP contribution in [0.15, 0.2) is 485 Å². The van der Waals surface area contributed by atoms with Crippen LogP contribution in [0.25, 0.3) is 221 Å². The lowest BCUT2D eigenvalue weighted by atomic mass is 9.99. The third kappa shape index (κ3) is 13.1. The highest BCUT2D eigenvalue weighted by atomic mass is 15.0. The first-order valence-corrected chi connectivity index (χ1v) is 42.7. The van der Waals surface area contributed by atoms with E-state index in [-0.39, 0.29) is 0 Å². The van der Waals surface area contributed by atoms with Gasteiger partial charge in [0.25, 0.3) is 0 Å². The molecule has 4 heterocycles. The molecular weight excluding hydrogens is 1500 g/mol. The van der Waals surface area contributed by atoms with E-state index in [9.17, 15) is 0 Å². The van der Waals surface area contributed by atoms with Crippen LogP contribution in [-0.4, -0.2) is 18.3 Å². The summed E-state index contributed by atoms with van der Waals surface area (Å²) in [7, 11) is 0. The van der Waals surface area contributed by atoms with Gasteiger partial charge >= 0.3 is 0 Å². The van der Waals surface area contributed by atoms with Crippen LogP contribution in [0.1, 0.15) is 0 Å². The lowest BCUT2D eigenvalue weighted by molar-refractivity contribution is 1.18. The largest absolute Gasteiger partial charge is 0.309 e. The van der Waals surface area contributed by atoms with Crippen molar-refractivity contribution in [2.24, 2.45) is 0 Å². The fourth-order valence-corrected chi connectivity index (χ4v) is 19.0. The Balaban J connectivity index is 0.000000143. The summed E-state index contributed by atoms with van der Waals surface area (Å²) in [5.74, 6) is 0. The van der Waals surface area contributed by atoms with Gasteiger partial charge in [-0.2, -0.15) is 0 Å². The van der Waals surface area contributed by atoms with Crippen LogP contribution in [0.4, 0.5) is 0 Å². The van der Waals surface area contributed by atoms with E-state index in [1.54, 1.807) is 0 Å². The maximum Gasteiger partial charge on any atom is 0.0541 e. The second kappa shape index (κ2) is 31.1. The number of hydrogen-bond donors (Lipinski definition) is 0. The average molecular weight is 1580 g/mol. The number of hydrogen-bond acceptors (Lipinski definition) is 0. The van der Waals surface area contributed by atoms with Crippen molar-refractivity contribution in [3.63, 3.8) is 0 Å². The van der Waals surface area contributed by atoms with Gasteiger partial charge in [-0.15, -0.1) is 0 Å². The van der Waals surface area contributed by atoms with Crippen molar-refractivity contribution in [2.75, 3.05) is 0 Å². The van der Waals surface area contributed by atoms with Gasteiger partial charge in [0, 0.05) is 65.7 Å². The minimum Gasteiger partial charge on any atom is -0.309 e. The minimum absolute atomic E-state index is 1.15. The molecule has 580 valence electrons. The van der Waals surface area contributed by atoms with E-state index in [4.69, 9.17) is 0 Å². The van der Waals surface area contributed by atoms with Gasteiger partial charge in [0.05, 0.1) is 49.8 Å².